The molecule has 4 aromatic rings. The molecule has 0 fully saturated rings. The van der Waals surface area contributed by atoms with E-state index in [9.17, 15) is 28.1 Å². The molecule has 1 aliphatic heterocycles. The van der Waals surface area contributed by atoms with Crippen molar-refractivity contribution in [2.75, 3.05) is 6.54 Å². The molecule has 0 aliphatic carbocycles. The molecule has 188 valence electrons. The number of hydrazine groups is 1. The van der Waals surface area contributed by atoms with Crippen molar-refractivity contribution in [1.29, 1.82) is 0 Å². The highest BCUT2D eigenvalue weighted by molar-refractivity contribution is 7.89. The molecule has 5 rings (SSSR count). The number of para-hydroxylation sites is 1. The van der Waals surface area contributed by atoms with Crippen LogP contribution in [0.1, 0.15) is 27.5 Å². The van der Waals surface area contributed by atoms with Gasteiger partial charge in [0.25, 0.3) is 27.5 Å². The molecule has 0 saturated heterocycles. The van der Waals surface area contributed by atoms with Gasteiger partial charge in [0, 0.05) is 47.4 Å². The summed E-state index contributed by atoms with van der Waals surface area (Å²) in [6.07, 6.45) is 1.92. The first-order chi connectivity index (χ1) is 17.7. The number of fused-ring (bicyclic) bond motifs is 2. The van der Waals surface area contributed by atoms with E-state index < -0.39 is 33.4 Å². The second-order valence-electron chi connectivity index (χ2n) is 8.54. The van der Waals surface area contributed by atoms with E-state index in [1.807, 2.05) is 59.0 Å². The number of non-ortho nitro benzene ring substituents is 1. The molecule has 2 N–H and O–H groups in total. The largest absolute Gasteiger partial charge is 0.350 e. The summed E-state index contributed by atoms with van der Waals surface area (Å²) in [5.41, 5.74) is 4.90. The first kappa shape index (κ1) is 24.2. The van der Waals surface area contributed by atoms with Crippen LogP contribution in [0.3, 0.4) is 0 Å². The van der Waals surface area contributed by atoms with E-state index in [0.717, 1.165) is 46.3 Å². The molecular formula is C25H21N5O6S. The average molecular weight is 520 g/mol. The molecule has 1 unspecified atom stereocenters. The van der Waals surface area contributed by atoms with Crippen molar-refractivity contribution in [1.82, 2.24) is 19.7 Å². The van der Waals surface area contributed by atoms with Crippen LogP contribution < -0.4 is 10.3 Å². The summed E-state index contributed by atoms with van der Waals surface area (Å²) in [7, 11) is -2.30. The van der Waals surface area contributed by atoms with Crippen molar-refractivity contribution in [3.8, 4) is 0 Å². The van der Waals surface area contributed by atoms with Crippen LogP contribution in [-0.4, -0.2) is 41.2 Å². The van der Waals surface area contributed by atoms with Crippen LogP contribution in [0.4, 0.5) is 5.69 Å². The molecule has 1 aliphatic rings. The summed E-state index contributed by atoms with van der Waals surface area (Å²) in [5, 5.41) is 11.7. The fourth-order valence-electron chi connectivity index (χ4n) is 4.58. The molecule has 2 amide bonds. The number of sulfonamides is 1. The topological polar surface area (TPSA) is 144 Å². The Balaban J connectivity index is 1.39. The maximum atomic E-state index is 13.3. The van der Waals surface area contributed by atoms with Crippen molar-refractivity contribution in [3.05, 3.63) is 106 Å². The van der Waals surface area contributed by atoms with Gasteiger partial charge >= 0.3 is 0 Å². The van der Waals surface area contributed by atoms with Crippen molar-refractivity contribution in [2.24, 2.45) is 7.05 Å². The van der Waals surface area contributed by atoms with Gasteiger partial charge in [0.05, 0.1) is 15.9 Å². The van der Waals surface area contributed by atoms with E-state index in [1.54, 1.807) is 12.1 Å². The first-order valence-corrected chi connectivity index (χ1v) is 12.6. The summed E-state index contributed by atoms with van der Waals surface area (Å²) in [5.74, 6) is -1.10. The Bertz CT molecular complexity index is 1660. The molecule has 2 heterocycles. The van der Waals surface area contributed by atoms with Gasteiger partial charge in [-0.15, -0.1) is 4.83 Å². The van der Waals surface area contributed by atoms with Crippen LogP contribution in [0, 0.1) is 10.1 Å². The van der Waals surface area contributed by atoms with Crippen LogP contribution in [0.2, 0.25) is 0 Å². The molecule has 3 aromatic carbocycles. The minimum atomic E-state index is -4.20. The van der Waals surface area contributed by atoms with Gasteiger partial charge in [0.15, 0.2) is 0 Å². The van der Waals surface area contributed by atoms with Gasteiger partial charge in [-0.05, 0) is 29.8 Å². The lowest BCUT2D eigenvalue weighted by Crippen LogP contribution is -2.47. The van der Waals surface area contributed by atoms with Gasteiger partial charge in [0.1, 0.15) is 6.54 Å². The van der Waals surface area contributed by atoms with E-state index in [0.29, 0.717) is 5.56 Å². The molecule has 0 spiro atoms. The van der Waals surface area contributed by atoms with Crippen molar-refractivity contribution in [2.45, 2.75) is 10.9 Å². The van der Waals surface area contributed by atoms with Gasteiger partial charge < -0.3 is 9.47 Å². The molecular weight excluding hydrogens is 498 g/mol. The molecule has 1 aromatic heterocycles. The lowest BCUT2D eigenvalue weighted by atomic mass is 9.97. The Morgan fingerprint density at radius 2 is 1.68 bits per heavy atom. The van der Waals surface area contributed by atoms with E-state index in [1.165, 1.54) is 4.90 Å². The number of carbonyl (C=O) groups excluding carboxylic acids is 2. The number of nitro benzene ring substituents is 1. The summed E-state index contributed by atoms with van der Waals surface area (Å²) in [4.78, 5) is 39.4. The van der Waals surface area contributed by atoms with Crippen LogP contribution in [0.25, 0.3) is 10.9 Å². The number of carbonyl (C=O) groups is 2. The Labute approximate surface area is 211 Å². The molecule has 37 heavy (non-hydrogen) atoms. The summed E-state index contributed by atoms with van der Waals surface area (Å²) in [6, 6.07) is 18.5. The van der Waals surface area contributed by atoms with Gasteiger partial charge in [-0.2, -0.15) is 0 Å². The monoisotopic (exact) mass is 519 g/mol. The average Bonchev–Trinajstić information content (AvgIpc) is 3.36. The Morgan fingerprint density at radius 1 is 1.00 bits per heavy atom. The third-order valence-electron chi connectivity index (χ3n) is 6.28. The Morgan fingerprint density at radius 3 is 2.41 bits per heavy atom. The lowest BCUT2D eigenvalue weighted by molar-refractivity contribution is -0.384. The highest BCUT2D eigenvalue weighted by atomic mass is 32.2. The zero-order valence-electron chi connectivity index (χ0n) is 19.5. The van der Waals surface area contributed by atoms with E-state index >= 15 is 0 Å². The van der Waals surface area contributed by atoms with Gasteiger partial charge in [-0.25, -0.2) is 8.42 Å². The summed E-state index contributed by atoms with van der Waals surface area (Å²) < 4.78 is 27.1. The van der Waals surface area contributed by atoms with Gasteiger partial charge in [-0.1, -0.05) is 36.4 Å². The van der Waals surface area contributed by atoms with Crippen LogP contribution in [-0.2, 0) is 21.9 Å². The minimum absolute atomic E-state index is 0.267. The standard InChI is InChI=1S/C25H21N5O6S/c1-28-14-21(18-6-4-5-9-22(18)28)24-19-7-2-3-8-20(19)25(32)29(24)15-23(31)26-27-37(35,36)17-12-10-16(11-13-17)30(33)34/h2-14,24,27H,15H2,1H3,(H,26,31). The first-order valence-electron chi connectivity index (χ1n) is 11.2. The number of nitro groups is 1. The van der Waals surface area contributed by atoms with E-state index in [-0.39, 0.29) is 16.5 Å². The summed E-state index contributed by atoms with van der Waals surface area (Å²) in [6.45, 7) is -0.413. The number of aryl methyl sites for hydroxylation is 1. The predicted octanol–water partition coefficient (Wildman–Crippen LogP) is 2.64. The van der Waals surface area contributed by atoms with E-state index in [2.05, 4.69) is 5.43 Å². The number of amides is 2. The molecule has 0 radical (unpaired) electrons. The third kappa shape index (κ3) is 4.32. The molecule has 1 atom stereocenters. The number of aromatic nitrogens is 1. The van der Waals surface area contributed by atoms with Crippen molar-refractivity contribution in [3.63, 3.8) is 0 Å². The maximum Gasteiger partial charge on any atom is 0.269 e. The van der Waals surface area contributed by atoms with Gasteiger partial charge in [0.2, 0.25) is 0 Å². The lowest BCUT2D eigenvalue weighted by Gasteiger charge is -2.25. The molecule has 11 nitrogen and oxygen atoms in total. The van der Waals surface area contributed by atoms with Gasteiger partial charge in [-0.3, -0.25) is 25.1 Å². The number of hydrogen-bond acceptors (Lipinski definition) is 6. The molecule has 0 saturated carbocycles. The number of nitrogens with one attached hydrogen (secondary N) is 2. The second kappa shape index (κ2) is 9.15. The zero-order chi connectivity index (χ0) is 26.3. The summed E-state index contributed by atoms with van der Waals surface area (Å²) >= 11 is 0. The zero-order valence-corrected chi connectivity index (χ0v) is 20.3. The fraction of sp³-hybridized carbons (Fsp3) is 0.120. The van der Waals surface area contributed by atoms with Crippen molar-refractivity contribution >= 4 is 38.4 Å². The SMILES string of the molecule is Cn1cc(C2c3ccccc3C(=O)N2CC(=O)NNS(=O)(=O)c2ccc([N+](=O)[O-])cc2)c2ccccc21. The highest BCUT2D eigenvalue weighted by Gasteiger charge is 2.39. The second-order valence-corrected chi connectivity index (χ2v) is 10.2. The normalized spacial score (nSPS) is 15.1. The fourth-order valence-corrected chi connectivity index (χ4v) is 5.44. The van der Waals surface area contributed by atoms with Crippen LogP contribution in [0.5, 0.6) is 0 Å². The third-order valence-corrected chi connectivity index (χ3v) is 7.54. The minimum Gasteiger partial charge on any atom is -0.350 e. The number of hydrogen-bond donors (Lipinski definition) is 2. The maximum absolute atomic E-state index is 13.3. The number of benzene rings is 3. The highest BCUT2D eigenvalue weighted by Crippen LogP contribution is 2.41. The Hall–Kier alpha value is -4.55. The molecule has 12 heteroatoms. The predicted molar refractivity (Wildman–Crippen MR) is 134 cm³/mol. The number of nitrogens with zero attached hydrogens (tertiary/aromatic N) is 3. The quantitative estimate of drug-likeness (QED) is 0.284. The smallest absolute Gasteiger partial charge is 0.269 e. The molecule has 0 bridgehead atoms. The van der Waals surface area contributed by atoms with Crippen LogP contribution in [0.15, 0.2) is 83.9 Å². The number of rotatable bonds is 7. The van der Waals surface area contributed by atoms with E-state index in [4.69, 9.17) is 0 Å². The van der Waals surface area contributed by atoms with Crippen LogP contribution >= 0.6 is 0 Å². The van der Waals surface area contributed by atoms with Crippen molar-refractivity contribution < 1.29 is 22.9 Å². The Kier molecular flexibility index (Phi) is 5.97.